The Bertz CT molecular complexity index is 815. The van der Waals surface area contributed by atoms with Crippen LogP contribution in [0.2, 0.25) is 0 Å². The van der Waals surface area contributed by atoms with E-state index in [9.17, 15) is 4.79 Å². The average molecular weight is 324 g/mol. The van der Waals surface area contributed by atoms with Gasteiger partial charge in [0.05, 0.1) is 6.61 Å². The number of esters is 1. The SMILES string of the molecule is CCOC(=O)COc1cccc(-c2nc(-c3ccccc3)no2)c1. The molecule has 0 aliphatic rings. The molecule has 3 aromatic rings. The minimum absolute atomic E-state index is 0.142. The van der Waals surface area contributed by atoms with E-state index in [2.05, 4.69) is 10.1 Å². The summed E-state index contributed by atoms with van der Waals surface area (Å²) in [6.45, 7) is 1.93. The Morgan fingerprint density at radius 2 is 1.88 bits per heavy atom. The lowest BCUT2D eigenvalue weighted by Gasteiger charge is -2.06. The van der Waals surface area contributed by atoms with Crippen LogP contribution in [0, 0.1) is 0 Å². The smallest absolute Gasteiger partial charge is 0.344 e. The van der Waals surface area contributed by atoms with Gasteiger partial charge in [-0.05, 0) is 25.1 Å². The first-order chi connectivity index (χ1) is 11.8. The van der Waals surface area contributed by atoms with Gasteiger partial charge >= 0.3 is 5.97 Å². The number of ether oxygens (including phenoxy) is 2. The van der Waals surface area contributed by atoms with E-state index in [-0.39, 0.29) is 6.61 Å². The Balaban J connectivity index is 1.75. The van der Waals surface area contributed by atoms with Gasteiger partial charge < -0.3 is 14.0 Å². The van der Waals surface area contributed by atoms with E-state index < -0.39 is 5.97 Å². The molecule has 0 aliphatic heterocycles. The molecule has 0 spiro atoms. The van der Waals surface area contributed by atoms with E-state index in [1.807, 2.05) is 36.4 Å². The van der Waals surface area contributed by atoms with Gasteiger partial charge in [0.25, 0.3) is 5.89 Å². The second-order valence-corrected chi connectivity index (χ2v) is 4.91. The highest BCUT2D eigenvalue weighted by atomic mass is 16.6. The van der Waals surface area contributed by atoms with E-state index >= 15 is 0 Å². The van der Waals surface area contributed by atoms with Crippen LogP contribution in [0.15, 0.2) is 59.1 Å². The number of benzene rings is 2. The molecule has 0 radical (unpaired) electrons. The lowest BCUT2D eigenvalue weighted by Crippen LogP contribution is -2.14. The number of nitrogens with zero attached hydrogens (tertiary/aromatic N) is 2. The van der Waals surface area contributed by atoms with Gasteiger partial charge in [-0.25, -0.2) is 4.79 Å². The first-order valence-electron chi connectivity index (χ1n) is 7.54. The summed E-state index contributed by atoms with van der Waals surface area (Å²) in [7, 11) is 0. The average Bonchev–Trinajstić information content (AvgIpc) is 3.11. The zero-order valence-electron chi connectivity index (χ0n) is 13.1. The third kappa shape index (κ3) is 3.78. The molecule has 6 heteroatoms. The van der Waals surface area contributed by atoms with Crippen LogP contribution in [-0.2, 0) is 9.53 Å². The summed E-state index contributed by atoms with van der Waals surface area (Å²) >= 11 is 0. The molecule has 0 atom stereocenters. The van der Waals surface area contributed by atoms with Gasteiger partial charge in [-0.3, -0.25) is 0 Å². The summed E-state index contributed by atoms with van der Waals surface area (Å²) in [6, 6.07) is 16.7. The fourth-order valence-corrected chi connectivity index (χ4v) is 2.11. The fourth-order valence-electron chi connectivity index (χ4n) is 2.11. The van der Waals surface area contributed by atoms with E-state index in [1.165, 1.54) is 0 Å². The van der Waals surface area contributed by atoms with Crippen molar-refractivity contribution in [1.82, 2.24) is 10.1 Å². The third-order valence-corrected chi connectivity index (χ3v) is 3.20. The summed E-state index contributed by atoms with van der Waals surface area (Å²) < 4.78 is 15.6. The zero-order chi connectivity index (χ0) is 16.8. The summed E-state index contributed by atoms with van der Waals surface area (Å²) in [5, 5.41) is 3.99. The van der Waals surface area contributed by atoms with Crippen molar-refractivity contribution in [1.29, 1.82) is 0 Å². The molecule has 0 unspecified atom stereocenters. The minimum atomic E-state index is -0.410. The van der Waals surface area contributed by atoms with E-state index in [0.29, 0.717) is 29.6 Å². The summed E-state index contributed by atoms with van der Waals surface area (Å²) in [5.74, 6) is 1.02. The normalized spacial score (nSPS) is 10.4. The Labute approximate surface area is 139 Å². The predicted molar refractivity (Wildman–Crippen MR) is 87.3 cm³/mol. The van der Waals surface area contributed by atoms with Crippen molar-refractivity contribution in [3.05, 3.63) is 54.6 Å². The second-order valence-electron chi connectivity index (χ2n) is 4.91. The van der Waals surface area contributed by atoms with Crippen molar-refractivity contribution in [2.45, 2.75) is 6.92 Å². The van der Waals surface area contributed by atoms with Gasteiger partial charge in [0.15, 0.2) is 6.61 Å². The molecule has 0 N–H and O–H groups in total. The molecule has 1 aromatic heterocycles. The largest absolute Gasteiger partial charge is 0.482 e. The highest BCUT2D eigenvalue weighted by molar-refractivity contribution is 5.71. The van der Waals surface area contributed by atoms with Crippen molar-refractivity contribution in [2.75, 3.05) is 13.2 Å². The molecule has 6 nitrogen and oxygen atoms in total. The number of hydrogen-bond acceptors (Lipinski definition) is 6. The molecule has 0 aliphatic carbocycles. The predicted octanol–water partition coefficient (Wildman–Crippen LogP) is 3.35. The third-order valence-electron chi connectivity index (χ3n) is 3.20. The molecule has 0 saturated heterocycles. The van der Waals surface area contributed by atoms with Crippen LogP contribution in [0.25, 0.3) is 22.8 Å². The summed E-state index contributed by atoms with van der Waals surface area (Å²) in [5.41, 5.74) is 1.59. The Morgan fingerprint density at radius 1 is 1.08 bits per heavy atom. The van der Waals surface area contributed by atoms with Crippen molar-refractivity contribution in [2.24, 2.45) is 0 Å². The van der Waals surface area contributed by atoms with Crippen LogP contribution in [0.5, 0.6) is 5.75 Å². The minimum Gasteiger partial charge on any atom is -0.482 e. The molecule has 1 heterocycles. The maximum atomic E-state index is 11.3. The van der Waals surface area contributed by atoms with Gasteiger partial charge in [-0.1, -0.05) is 41.6 Å². The zero-order valence-corrected chi connectivity index (χ0v) is 13.1. The molecule has 122 valence electrons. The second kappa shape index (κ2) is 7.41. The first-order valence-corrected chi connectivity index (χ1v) is 7.54. The van der Waals surface area contributed by atoms with Crippen LogP contribution in [-0.4, -0.2) is 29.3 Å². The highest BCUT2D eigenvalue weighted by Gasteiger charge is 2.11. The number of hydrogen-bond donors (Lipinski definition) is 0. The number of carbonyl (C=O) groups is 1. The summed E-state index contributed by atoms with van der Waals surface area (Å²) in [6.07, 6.45) is 0. The fraction of sp³-hybridized carbons (Fsp3) is 0.167. The van der Waals surface area contributed by atoms with Crippen molar-refractivity contribution < 1.29 is 18.8 Å². The van der Waals surface area contributed by atoms with E-state index in [0.717, 1.165) is 5.56 Å². The van der Waals surface area contributed by atoms with Crippen molar-refractivity contribution in [3.63, 3.8) is 0 Å². The molecule has 24 heavy (non-hydrogen) atoms. The monoisotopic (exact) mass is 324 g/mol. The first kappa shape index (κ1) is 15.7. The quantitative estimate of drug-likeness (QED) is 0.647. The Hall–Kier alpha value is -3.15. The van der Waals surface area contributed by atoms with Gasteiger partial charge in [0.2, 0.25) is 5.82 Å². The molecule has 2 aromatic carbocycles. The molecule has 0 amide bonds. The summed E-state index contributed by atoms with van der Waals surface area (Å²) in [4.78, 5) is 15.7. The van der Waals surface area contributed by atoms with E-state index in [1.54, 1.807) is 25.1 Å². The van der Waals surface area contributed by atoms with Gasteiger partial charge in [0.1, 0.15) is 5.75 Å². The molecular formula is C18H16N2O4. The number of rotatable bonds is 6. The Kier molecular flexibility index (Phi) is 4.86. The van der Waals surface area contributed by atoms with Crippen molar-refractivity contribution >= 4 is 5.97 Å². The maximum Gasteiger partial charge on any atom is 0.344 e. The van der Waals surface area contributed by atoms with Crippen molar-refractivity contribution in [3.8, 4) is 28.6 Å². The lowest BCUT2D eigenvalue weighted by atomic mass is 10.2. The van der Waals surface area contributed by atoms with E-state index in [4.69, 9.17) is 14.0 Å². The van der Waals surface area contributed by atoms with Crippen LogP contribution < -0.4 is 4.74 Å². The van der Waals surface area contributed by atoms with Crippen LogP contribution in [0.1, 0.15) is 6.92 Å². The molecular weight excluding hydrogens is 308 g/mol. The van der Waals surface area contributed by atoms with Crippen LogP contribution >= 0.6 is 0 Å². The van der Waals surface area contributed by atoms with Gasteiger partial charge in [-0.15, -0.1) is 0 Å². The highest BCUT2D eigenvalue weighted by Crippen LogP contribution is 2.25. The molecule has 3 rings (SSSR count). The van der Waals surface area contributed by atoms with Crippen LogP contribution in [0.3, 0.4) is 0 Å². The molecule has 0 fully saturated rings. The van der Waals surface area contributed by atoms with Crippen LogP contribution in [0.4, 0.5) is 0 Å². The Morgan fingerprint density at radius 3 is 2.67 bits per heavy atom. The molecule has 0 saturated carbocycles. The molecule has 0 bridgehead atoms. The lowest BCUT2D eigenvalue weighted by molar-refractivity contribution is -0.145. The van der Waals surface area contributed by atoms with Gasteiger partial charge in [-0.2, -0.15) is 4.98 Å². The number of carbonyl (C=O) groups excluding carboxylic acids is 1. The topological polar surface area (TPSA) is 74.5 Å². The maximum absolute atomic E-state index is 11.3. The van der Waals surface area contributed by atoms with Gasteiger partial charge in [0, 0.05) is 11.1 Å². The standard InChI is InChI=1S/C18H16N2O4/c1-2-22-16(21)12-23-15-10-6-9-14(11-15)18-19-17(20-24-18)13-7-4-3-5-8-13/h3-11H,2,12H2,1H3. The number of aromatic nitrogens is 2.